The topological polar surface area (TPSA) is 62.6 Å². The number of likely N-dealkylation sites (N-methyl/N-ethyl adjacent to an activating group) is 1. The lowest BCUT2D eigenvalue weighted by Gasteiger charge is -2.25. The van der Waals surface area contributed by atoms with Crippen LogP contribution < -0.4 is 5.32 Å². The molecule has 0 aliphatic carbocycles. The highest BCUT2D eigenvalue weighted by atomic mass is 35.5. The number of benzene rings is 2. The summed E-state index contributed by atoms with van der Waals surface area (Å²) in [7, 11) is 1.54. The minimum absolute atomic E-state index is 0.0216. The molecule has 0 aliphatic heterocycles. The van der Waals surface area contributed by atoms with Gasteiger partial charge in [-0.15, -0.1) is 0 Å². The molecule has 0 bridgehead atoms. The van der Waals surface area contributed by atoms with E-state index >= 15 is 0 Å². The number of nitrogens with one attached hydrogen (secondary N) is 1. The van der Waals surface area contributed by atoms with Crippen molar-refractivity contribution in [1.29, 1.82) is 0 Å². The minimum atomic E-state index is -0.856. The Morgan fingerprint density at radius 1 is 1.10 bits per heavy atom. The van der Waals surface area contributed by atoms with Crippen molar-refractivity contribution in [3.05, 3.63) is 94.7 Å². The lowest BCUT2D eigenvalue weighted by molar-refractivity contribution is -0.132. The molecule has 3 rings (SSSR count). The molecular formula is C22H20ClFN2O3. The van der Waals surface area contributed by atoms with Crippen LogP contribution in [0.15, 0.2) is 71.3 Å². The number of hydrogen-bond acceptors (Lipinski definition) is 3. The average Bonchev–Trinajstić information content (AvgIpc) is 3.25. The fourth-order valence-electron chi connectivity index (χ4n) is 2.95. The van der Waals surface area contributed by atoms with Crippen LogP contribution in [0.4, 0.5) is 4.39 Å². The molecule has 1 aromatic heterocycles. The summed E-state index contributed by atoms with van der Waals surface area (Å²) >= 11 is 6.08. The number of carbonyl (C=O) groups is 2. The predicted octanol–water partition coefficient (Wildman–Crippen LogP) is 4.07. The lowest BCUT2D eigenvalue weighted by Crippen LogP contribution is -2.48. The number of nitrogens with zero attached hydrogens (tertiary/aromatic N) is 1. The van der Waals surface area contributed by atoms with Gasteiger partial charge in [0.15, 0.2) is 5.76 Å². The molecule has 2 amide bonds. The zero-order valence-corrected chi connectivity index (χ0v) is 16.5. The normalized spacial score (nSPS) is 11.7. The van der Waals surface area contributed by atoms with Gasteiger partial charge in [-0.3, -0.25) is 9.59 Å². The van der Waals surface area contributed by atoms with E-state index in [0.29, 0.717) is 0 Å². The van der Waals surface area contributed by atoms with E-state index in [1.165, 1.54) is 29.4 Å². The first-order valence-electron chi connectivity index (χ1n) is 9.02. The van der Waals surface area contributed by atoms with Gasteiger partial charge < -0.3 is 14.6 Å². The Hall–Kier alpha value is -3.12. The molecule has 0 fully saturated rings. The molecule has 0 saturated heterocycles. The average molecular weight is 415 g/mol. The van der Waals surface area contributed by atoms with Crippen molar-refractivity contribution in [2.24, 2.45) is 0 Å². The summed E-state index contributed by atoms with van der Waals surface area (Å²) in [4.78, 5) is 26.9. The van der Waals surface area contributed by atoms with E-state index in [1.807, 2.05) is 30.3 Å². The monoisotopic (exact) mass is 414 g/mol. The second kappa shape index (κ2) is 9.39. The van der Waals surface area contributed by atoms with Crippen molar-refractivity contribution in [3.8, 4) is 0 Å². The number of carbonyl (C=O) groups excluding carboxylic acids is 2. The zero-order chi connectivity index (χ0) is 20.8. The fraction of sp³-hybridized carbons (Fsp3) is 0.182. The number of amides is 2. The number of furan rings is 1. The fourth-order valence-corrected chi connectivity index (χ4v) is 3.17. The van der Waals surface area contributed by atoms with Crippen LogP contribution in [0.5, 0.6) is 0 Å². The maximum Gasteiger partial charge on any atom is 0.287 e. The zero-order valence-electron chi connectivity index (χ0n) is 15.8. The molecule has 1 heterocycles. The third-order valence-corrected chi connectivity index (χ3v) is 4.82. The van der Waals surface area contributed by atoms with Crippen molar-refractivity contribution >= 4 is 23.4 Å². The Morgan fingerprint density at radius 3 is 2.52 bits per heavy atom. The van der Waals surface area contributed by atoms with Crippen LogP contribution in [-0.2, 0) is 17.8 Å². The van der Waals surface area contributed by atoms with Crippen LogP contribution in [0, 0.1) is 5.82 Å². The summed E-state index contributed by atoms with van der Waals surface area (Å²) in [6, 6.07) is 15.9. The van der Waals surface area contributed by atoms with Gasteiger partial charge in [-0.25, -0.2) is 4.39 Å². The molecular weight excluding hydrogens is 395 g/mol. The second-order valence-electron chi connectivity index (χ2n) is 6.59. The van der Waals surface area contributed by atoms with Crippen molar-refractivity contribution in [1.82, 2.24) is 10.2 Å². The van der Waals surface area contributed by atoms with Gasteiger partial charge in [0.2, 0.25) is 5.91 Å². The molecule has 0 spiro atoms. The van der Waals surface area contributed by atoms with Crippen LogP contribution in [-0.4, -0.2) is 29.8 Å². The highest BCUT2D eigenvalue weighted by Gasteiger charge is 2.26. The molecule has 150 valence electrons. The van der Waals surface area contributed by atoms with Crippen LogP contribution in [0.2, 0.25) is 5.02 Å². The summed E-state index contributed by atoms with van der Waals surface area (Å²) in [6.07, 6.45) is 1.66. The molecule has 0 saturated carbocycles. The summed E-state index contributed by atoms with van der Waals surface area (Å²) in [5.74, 6) is -1.25. The molecule has 5 nitrogen and oxygen atoms in total. The Balaban J connectivity index is 1.79. The van der Waals surface area contributed by atoms with Gasteiger partial charge in [-0.05, 0) is 29.8 Å². The molecule has 0 radical (unpaired) electrons. The van der Waals surface area contributed by atoms with Crippen molar-refractivity contribution in [2.45, 2.75) is 19.0 Å². The van der Waals surface area contributed by atoms with E-state index in [2.05, 4.69) is 5.32 Å². The molecule has 29 heavy (non-hydrogen) atoms. The first-order chi connectivity index (χ1) is 14.0. The van der Waals surface area contributed by atoms with E-state index in [-0.39, 0.29) is 35.2 Å². The van der Waals surface area contributed by atoms with Crippen molar-refractivity contribution in [2.75, 3.05) is 7.05 Å². The van der Waals surface area contributed by atoms with Gasteiger partial charge in [-0.1, -0.05) is 48.0 Å². The quantitative estimate of drug-likeness (QED) is 0.633. The summed E-state index contributed by atoms with van der Waals surface area (Å²) < 4.78 is 19.2. The molecule has 0 aliphatic rings. The SMILES string of the molecule is CN(Cc1c(F)cccc1Cl)C(=O)C(Cc1ccccc1)NC(=O)c1ccco1. The first-order valence-corrected chi connectivity index (χ1v) is 9.39. The Bertz CT molecular complexity index is 957. The van der Waals surface area contributed by atoms with Gasteiger partial charge >= 0.3 is 0 Å². The number of halogens is 2. The standard InChI is InChI=1S/C22H20ClFN2O3/c1-26(14-16-17(23)9-5-10-18(16)24)22(28)19(13-15-7-3-2-4-8-15)25-21(27)20-11-6-12-29-20/h2-12,19H,13-14H2,1H3,(H,25,27). The summed E-state index contributed by atoms with van der Waals surface area (Å²) in [6.45, 7) is -0.0216. The van der Waals surface area contributed by atoms with E-state index in [1.54, 1.807) is 19.2 Å². The van der Waals surface area contributed by atoms with Crippen LogP contribution >= 0.6 is 11.6 Å². The van der Waals surface area contributed by atoms with Gasteiger partial charge in [0, 0.05) is 30.6 Å². The lowest BCUT2D eigenvalue weighted by atomic mass is 10.0. The maximum atomic E-state index is 14.1. The van der Waals surface area contributed by atoms with Gasteiger partial charge in [-0.2, -0.15) is 0 Å². The summed E-state index contributed by atoms with van der Waals surface area (Å²) in [5.41, 5.74) is 1.10. The van der Waals surface area contributed by atoms with E-state index in [9.17, 15) is 14.0 Å². The molecule has 2 aromatic carbocycles. The van der Waals surface area contributed by atoms with E-state index in [4.69, 9.17) is 16.0 Å². The van der Waals surface area contributed by atoms with Gasteiger partial charge in [0.1, 0.15) is 11.9 Å². The van der Waals surface area contributed by atoms with Gasteiger partial charge in [0.05, 0.1) is 6.26 Å². The smallest absolute Gasteiger partial charge is 0.287 e. The van der Waals surface area contributed by atoms with Crippen molar-refractivity contribution < 1.29 is 18.4 Å². The molecule has 1 atom stereocenters. The highest BCUT2D eigenvalue weighted by molar-refractivity contribution is 6.31. The van der Waals surface area contributed by atoms with Crippen molar-refractivity contribution in [3.63, 3.8) is 0 Å². The molecule has 7 heteroatoms. The van der Waals surface area contributed by atoms with E-state index in [0.717, 1.165) is 5.56 Å². The number of hydrogen-bond donors (Lipinski definition) is 1. The Labute approximate surface area is 173 Å². The minimum Gasteiger partial charge on any atom is -0.459 e. The largest absolute Gasteiger partial charge is 0.459 e. The maximum absolute atomic E-state index is 14.1. The highest BCUT2D eigenvalue weighted by Crippen LogP contribution is 2.21. The molecule has 1 unspecified atom stereocenters. The third-order valence-electron chi connectivity index (χ3n) is 4.46. The summed E-state index contributed by atoms with van der Waals surface area (Å²) in [5, 5.41) is 2.95. The Morgan fingerprint density at radius 2 is 1.86 bits per heavy atom. The first kappa shape index (κ1) is 20.6. The molecule has 3 aromatic rings. The van der Waals surface area contributed by atoms with Gasteiger partial charge in [0.25, 0.3) is 5.91 Å². The van der Waals surface area contributed by atoms with Crippen LogP contribution in [0.3, 0.4) is 0 Å². The van der Waals surface area contributed by atoms with Crippen LogP contribution in [0.25, 0.3) is 0 Å². The Kier molecular flexibility index (Phi) is 6.67. The number of rotatable bonds is 7. The third kappa shape index (κ3) is 5.23. The molecule has 1 N–H and O–H groups in total. The predicted molar refractivity (Wildman–Crippen MR) is 108 cm³/mol. The second-order valence-corrected chi connectivity index (χ2v) is 6.99. The van der Waals surface area contributed by atoms with Crippen LogP contribution in [0.1, 0.15) is 21.7 Å². The van der Waals surface area contributed by atoms with E-state index < -0.39 is 17.8 Å².